The minimum atomic E-state index is -0.0579. The van der Waals surface area contributed by atoms with E-state index in [4.69, 9.17) is 22.4 Å². The van der Waals surface area contributed by atoms with Gasteiger partial charge in [0.25, 0.3) is 0 Å². The number of halogens is 1. The highest BCUT2D eigenvalue weighted by atomic mass is 35.5. The molecule has 14 heavy (non-hydrogen) atoms. The summed E-state index contributed by atoms with van der Waals surface area (Å²) in [7, 11) is 0. The molecule has 0 aliphatic heterocycles. The number of nitrogen functional groups attached to an aromatic ring is 1. The summed E-state index contributed by atoms with van der Waals surface area (Å²) in [5.74, 6) is 0. The zero-order valence-electron chi connectivity index (χ0n) is 7.33. The van der Waals surface area contributed by atoms with Crippen LogP contribution in [0.25, 0.3) is 0 Å². The number of anilines is 2. The summed E-state index contributed by atoms with van der Waals surface area (Å²) in [5, 5.41) is 11.5. The van der Waals surface area contributed by atoms with Crippen molar-refractivity contribution in [2.45, 2.75) is 0 Å². The van der Waals surface area contributed by atoms with E-state index in [2.05, 4.69) is 10.3 Å². The summed E-state index contributed by atoms with van der Waals surface area (Å²) < 4.78 is 0. The highest BCUT2D eigenvalue weighted by molar-refractivity contribution is 6.32. The van der Waals surface area contributed by atoms with E-state index in [0.29, 0.717) is 24.1 Å². The standard InChI is InChI=1S/C8H10ClN3O2/c9-8-6(10)7(11-1-2-13)5(4-14)3-12-8/h3-4,13H,1-2,10H2,(H,11,12). The van der Waals surface area contributed by atoms with Gasteiger partial charge in [0.15, 0.2) is 11.4 Å². The van der Waals surface area contributed by atoms with Gasteiger partial charge < -0.3 is 16.2 Å². The maximum Gasteiger partial charge on any atom is 0.154 e. The summed E-state index contributed by atoms with van der Waals surface area (Å²) in [6, 6.07) is 0. The second-order valence-corrected chi connectivity index (χ2v) is 2.92. The first kappa shape index (κ1) is 10.7. The molecule has 0 aliphatic carbocycles. The predicted octanol–water partition coefficient (Wildman–Crippen LogP) is 0.534. The minimum absolute atomic E-state index is 0.0579. The van der Waals surface area contributed by atoms with Crippen molar-refractivity contribution in [3.8, 4) is 0 Å². The molecule has 0 aliphatic rings. The third kappa shape index (κ3) is 2.12. The number of hydrogen-bond donors (Lipinski definition) is 3. The topological polar surface area (TPSA) is 88.2 Å². The van der Waals surface area contributed by atoms with Crippen LogP contribution in [-0.4, -0.2) is 29.5 Å². The van der Waals surface area contributed by atoms with Crippen molar-refractivity contribution in [2.75, 3.05) is 24.2 Å². The highest BCUT2D eigenvalue weighted by Gasteiger charge is 2.09. The van der Waals surface area contributed by atoms with Gasteiger partial charge in [0.2, 0.25) is 0 Å². The lowest BCUT2D eigenvalue weighted by Gasteiger charge is -2.10. The van der Waals surface area contributed by atoms with Crippen molar-refractivity contribution in [1.82, 2.24) is 4.98 Å². The first-order chi connectivity index (χ1) is 6.70. The van der Waals surface area contributed by atoms with E-state index in [1.165, 1.54) is 6.20 Å². The van der Waals surface area contributed by atoms with Crippen molar-refractivity contribution < 1.29 is 9.90 Å². The summed E-state index contributed by atoms with van der Waals surface area (Å²) >= 11 is 5.67. The second kappa shape index (κ2) is 4.78. The van der Waals surface area contributed by atoms with Crippen molar-refractivity contribution in [3.63, 3.8) is 0 Å². The molecule has 0 fully saturated rings. The van der Waals surface area contributed by atoms with Gasteiger partial charge >= 0.3 is 0 Å². The smallest absolute Gasteiger partial charge is 0.154 e. The largest absolute Gasteiger partial charge is 0.395 e. The number of rotatable bonds is 4. The Morgan fingerprint density at radius 2 is 2.43 bits per heavy atom. The molecular weight excluding hydrogens is 206 g/mol. The van der Waals surface area contributed by atoms with Crippen LogP contribution in [-0.2, 0) is 0 Å². The lowest BCUT2D eigenvalue weighted by molar-refractivity contribution is 0.112. The Morgan fingerprint density at radius 3 is 3.00 bits per heavy atom. The van der Waals surface area contributed by atoms with Crippen LogP contribution in [0, 0.1) is 0 Å². The monoisotopic (exact) mass is 215 g/mol. The first-order valence-electron chi connectivity index (χ1n) is 3.94. The van der Waals surface area contributed by atoms with Crippen LogP contribution in [0.5, 0.6) is 0 Å². The van der Waals surface area contributed by atoms with Crippen molar-refractivity contribution in [2.24, 2.45) is 0 Å². The Kier molecular flexibility index (Phi) is 3.67. The van der Waals surface area contributed by atoms with Gasteiger partial charge in [0.1, 0.15) is 0 Å². The van der Waals surface area contributed by atoms with Crippen LogP contribution in [0.1, 0.15) is 10.4 Å². The number of aliphatic hydroxyl groups is 1. The maximum absolute atomic E-state index is 10.6. The number of nitrogens with zero attached hydrogens (tertiary/aromatic N) is 1. The molecule has 4 N–H and O–H groups in total. The number of carbonyl (C=O) groups excluding carboxylic acids is 1. The highest BCUT2D eigenvalue weighted by Crippen LogP contribution is 2.27. The Morgan fingerprint density at radius 1 is 1.71 bits per heavy atom. The SMILES string of the molecule is Nc1c(Cl)ncc(C=O)c1NCCO. The van der Waals surface area contributed by atoms with E-state index in [9.17, 15) is 4.79 Å². The molecule has 0 atom stereocenters. The number of hydrogen-bond acceptors (Lipinski definition) is 5. The molecule has 1 aromatic heterocycles. The van der Waals surface area contributed by atoms with E-state index < -0.39 is 0 Å². The van der Waals surface area contributed by atoms with Crippen LogP contribution < -0.4 is 11.1 Å². The number of aldehydes is 1. The molecule has 0 saturated carbocycles. The van der Waals surface area contributed by atoms with Gasteiger partial charge in [-0.1, -0.05) is 11.6 Å². The molecular formula is C8H10ClN3O2. The Bertz CT molecular complexity index is 344. The average molecular weight is 216 g/mol. The van der Waals surface area contributed by atoms with Gasteiger partial charge in [-0.25, -0.2) is 4.98 Å². The molecule has 5 nitrogen and oxygen atoms in total. The number of pyridine rings is 1. The Labute approximate surface area is 85.9 Å². The molecule has 0 amide bonds. The number of aromatic nitrogens is 1. The normalized spacial score (nSPS) is 9.86. The molecule has 1 aromatic rings. The summed E-state index contributed by atoms with van der Waals surface area (Å²) in [4.78, 5) is 14.3. The summed E-state index contributed by atoms with van der Waals surface area (Å²) in [6.07, 6.45) is 1.95. The third-order valence-electron chi connectivity index (χ3n) is 1.64. The van der Waals surface area contributed by atoms with E-state index in [-0.39, 0.29) is 17.4 Å². The van der Waals surface area contributed by atoms with Crippen LogP contribution in [0.2, 0.25) is 5.15 Å². The third-order valence-corrected chi connectivity index (χ3v) is 1.94. The fraction of sp³-hybridized carbons (Fsp3) is 0.250. The molecule has 1 rings (SSSR count). The number of aliphatic hydroxyl groups excluding tert-OH is 1. The zero-order chi connectivity index (χ0) is 10.6. The van der Waals surface area contributed by atoms with Gasteiger partial charge in [-0.2, -0.15) is 0 Å². The van der Waals surface area contributed by atoms with Crippen molar-refractivity contribution >= 4 is 29.3 Å². The van der Waals surface area contributed by atoms with Crippen LogP contribution in [0.4, 0.5) is 11.4 Å². The second-order valence-electron chi connectivity index (χ2n) is 2.56. The molecule has 0 radical (unpaired) electrons. The molecule has 76 valence electrons. The minimum Gasteiger partial charge on any atom is -0.395 e. The van der Waals surface area contributed by atoms with Crippen LogP contribution in [0.15, 0.2) is 6.20 Å². The van der Waals surface area contributed by atoms with E-state index in [1.54, 1.807) is 0 Å². The number of nitrogens with two attached hydrogens (primary N) is 1. The molecule has 0 unspecified atom stereocenters. The van der Waals surface area contributed by atoms with Gasteiger partial charge in [-0.3, -0.25) is 4.79 Å². The van der Waals surface area contributed by atoms with Crippen LogP contribution in [0.3, 0.4) is 0 Å². The number of carbonyl (C=O) groups is 1. The van der Waals surface area contributed by atoms with Crippen molar-refractivity contribution in [1.29, 1.82) is 0 Å². The molecule has 0 saturated heterocycles. The maximum atomic E-state index is 10.6. The predicted molar refractivity (Wildman–Crippen MR) is 54.6 cm³/mol. The summed E-state index contributed by atoms with van der Waals surface area (Å²) in [6.45, 7) is 0.239. The molecule has 0 bridgehead atoms. The van der Waals surface area contributed by atoms with Crippen LogP contribution >= 0.6 is 11.6 Å². The zero-order valence-corrected chi connectivity index (χ0v) is 8.08. The quantitative estimate of drug-likeness (QED) is 0.504. The fourth-order valence-corrected chi connectivity index (χ4v) is 1.13. The van der Waals surface area contributed by atoms with E-state index >= 15 is 0 Å². The fourth-order valence-electron chi connectivity index (χ4n) is 0.987. The molecule has 0 spiro atoms. The van der Waals surface area contributed by atoms with Crippen molar-refractivity contribution in [3.05, 3.63) is 16.9 Å². The lowest BCUT2D eigenvalue weighted by Crippen LogP contribution is -2.10. The van der Waals surface area contributed by atoms with Gasteiger partial charge in [-0.15, -0.1) is 0 Å². The number of nitrogens with one attached hydrogen (secondary N) is 1. The van der Waals surface area contributed by atoms with Gasteiger partial charge in [-0.05, 0) is 0 Å². The van der Waals surface area contributed by atoms with E-state index in [1.807, 2.05) is 0 Å². The molecule has 1 heterocycles. The Hall–Kier alpha value is -1.33. The first-order valence-corrected chi connectivity index (χ1v) is 4.32. The van der Waals surface area contributed by atoms with Gasteiger partial charge in [0, 0.05) is 12.7 Å². The lowest BCUT2D eigenvalue weighted by atomic mass is 10.2. The average Bonchev–Trinajstić information content (AvgIpc) is 2.20. The molecule has 6 heteroatoms. The summed E-state index contributed by atoms with van der Waals surface area (Å²) in [5.41, 5.74) is 6.55. The van der Waals surface area contributed by atoms with E-state index in [0.717, 1.165) is 0 Å². The molecule has 0 aromatic carbocycles. The Balaban J connectivity index is 3.07. The van der Waals surface area contributed by atoms with Gasteiger partial charge in [0.05, 0.1) is 23.5 Å².